The van der Waals surface area contributed by atoms with Crippen LogP contribution in [0.15, 0.2) is 170 Å². The molecule has 1 unspecified atom stereocenters. The molecule has 45 heavy (non-hydrogen) atoms. The Balaban J connectivity index is 1.33. The van der Waals surface area contributed by atoms with E-state index in [1.54, 1.807) is 0 Å². The first kappa shape index (κ1) is 26.8. The molecule has 2 heterocycles. The van der Waals surface area contributed by atoms with Crippen LogP contribution in [-0.2, 0) is 5.41 Å². The topological polar surface area (TPSA) is 29.0 Å². The molecule has 3 heteroatoms. The van der Waals surface area contributed by atoms with E-state index in [2.05, 4.69) is 155 Å². The molecule has 214 valence electrons. The number of pyridine rings is 2. The van der Waals surface area contributed by atoms with Crippen LogP contribution in [-0.4, -0.2) is 9.97 Å². The normalized spacial score (nSPS) is 14.9. The molecular formula is C42H31N3. The summed E-state index contributed by atoms with van der Waals surface area (Å²) in [6, 6.07) is 52.3. The van der Waals surface area contributed by atoms with Crippen LogP contribution in [0.25, 0.3) is 33.4 Å². The predicted molar refractivity (Wildman–Crippen MR) is 185 cm³/mol. The van der Waals surface area contributed by atoms with Crippen molar-refractivity contribution in [3.05, 3.63) is 187 Å². The molecule has 5 aromatic carbocycles. The van der Waals surface area contributed by atoms with Crippen molar-refractivity contribution in [1.29, 1.82) is 0 Å². The standard InChI is InChI=1S/C42H31N3/c1-42(34-12-3-2-4-13-34)38-15-6-5-14-37(38)41-39(42)16-7-17-40(41)45(35-22-18-30(19-23-35)32-10-8-26-43-28-32)36-24-20-31(21-25-36)33-11-9-27-44-29-33/h2-29H,1H3. The molecule has 0 aliphatic heterocycles. The van der Waals surface area contributed by atoms with Crippen LogP contribution < -0.4 is 4.90 Å². The number of rotatable bonds is 6. The Hall–Kier alpha value is -5.80. The van der Waals surface area contributed by atoms with Crippen molar-refractivity contribution >= 4 is 17.1 Å². The monoisotopic (exact) mass is 577 g/mol. The van der Waals surface area contributed by atoms with Gasteiger partial charge in [-0.1, -0.05) is 103 Å². The minimum atomic E-state index is -0.275. The van der Waals surface area contributed by atoms with E-state index < -0.39 is 0 Å². The number of anilines is 3. The van der Waals surface area contributed by atoms with Crippen molar-refractivity contribution in [2.45, 2.75) is 12.3 Å². The third-order valence-corrected chi connectivity index (χ3v) is 9.15. The van der Waals surface area contributed by atoms with Crippen molar-refractivity contribution in [3.8, 4) is 33.4 Å². The molecule has 2 aromatic heterocycles. The van der Waals surface area contributed by atoms with Gasteiger partial charge in [0.15, 0.2) is 0 Å². The Kier molecular flexibility index (Phi) is 6.57. The van der Waals surface area contributed by atoms with Crippen molar-refractivity contribution < 1.29 is 0 Å². The van der Waals surface area contributed by atoms with Gasteiger partial charge in [0.2, 0.25) is 0 Å². The SMILES string of the molecule is CC1(c2ccccc2)c2ccccc2-c2c(N(c3ccc(-c4cccnc4)cc3)c3ccc(-c4cccnc4)cc3)cccc21. The number of hydrogen-bond donors (Lipinski definition) is 0. The number of aromatic nitrogens is 2. The number of fused-ring (bicyclic) bond motifs is 3. The van der Waals surface area contributed by atoms with E-state index in [9.17, 15) is 0 Å². The maximum atomic E-state index is 4.33. The van der Waals surface area contributed by atoms with Gasteiger partial charge in [0.1, 0.15) is 0 Å². The fraction of sp³-hybridized carbons (Fsp3) is 0.0476. The molecule has 0 amide bonds. The molecule has 0 bridgehead atoms. The average Bonchev–Trinajstić information content (AvgIpc) is 3.40. The first-order valence-corrected chi connectivity index (χ1v) is 15.3. The second-order valence-corrected chi connectivity index (χ2v) is 11.6. The van der Waals surface area contributed by atoms with Crippen molar-refractivity contribution in [2.75, 3.05) is 4.90 Å². The fourth-order valence-corrected chi connectivity index (χ4v) is 6.89. The Morgan fingerprint density at radius 2 is 1.02 bits per heavy atom. The summed E-state index contributed by atoms with van der Waals surface area (Å²) in [5.74, 6) is 0. The summed E-state index contributed by atoms with van der Waals surface area (Å²) in [5.41, 5.74) is 14.0. The van der Waals surface area contributed by atoms with Crippen LogP contribution in [0.1, 0.15) is 23.6 Å². The summed E-state index contributed by atoms with van der Waals surface area (Å²) in [5, 5.41) is 0. The third kappa shape index (κ3) is 4.52. The van der Waals surface area contributed by atoms with Crippen molar-refractivity contribution in [1.82, 2.24) is 9.97 Å². The van der Waals surface area contributed by atoms with Crippen molar-refractivity contribution in [3.63, 3.8) is 0 Å². The minimum absolute atomic E-state index is 0.275. The number of benzene rings is 5. The molecule has 0 N–H and O–H groups in total. The highest BCUT2D eigenvalue weighted by Crippen LogP contribution is 2.56. The van der Waals surface area contributed by atoms with Crippen LogP contribution in [0.2, 0.25) is 0 Å². The first-order valence-electron chi connectivity index (χ1n) is 15.3. The molecule has 1 aliphatic carbocycles. The van der Waals surface area contributed by atoms with E-state index in [-0.39, 0.29) is 5.41 Å². The Morgan fingerprint density at radius 1 is 0.467 bits per heavy atom. The van der Waals surface area contributed by atoms with Gasteiger partial charge in [0, 0.05) is 47.1 Å². The maximum Gasteiger partial charge on any atom is 0.0543 e. The summed E-state index contributed by atoms with van der Waals surface area (Å²) in [4.78, 5) is 11.1. The van der Waals surface area contributed by atoms with Crippen molar-refractivity contribution in [2.24, 2.45) is 0 Å². The van der Waals surface area contributed by atoms with Crippen LogP contribution in [0, 0.1) is 0 Å². The molecule has 1 atom stereocenters. The van der Waals surface area contributed by atoms with Gasteiger partial charge >= 0.3 is 0 Å². The smallest absolute Gasteiger partial charge is 0.0543 e. The van der Waals surface area contributed by atoms with Crippen LogP contribution in [0.5, 0.6) is 0 Å². The fourth-order valence-electron chi connectivity index (χ4n) is 6.89. The van der Waals surface area contributed by atoms with Gasteiger partial charge in [-0.05, 0) is 93.9 Å². The Labute approximate surface area is 264 Å². The van der Waals surface area contributed by atoms with Gasteiger partial charge in [-0.3, -0.25) is 9.97 Å². The summed E-state index contributed by atoms with van der Waals surface area (Å²) >= 11 is 0. The Bertz CT molecular complexity index is 2010. The number of nitrogens with zero attached hydrogens (tertiary/aromatic N) is 3. The molecule has 8 rings (SSSR count). The van der Waals surface area contributed by atoms with E-state index in [0.29, 0.717) is 0 Å². The van der Waals surface area contributed by atoms with E-state index in [1.807, 2.05) is 36.9 Å². The van der Waals surface area contributed by atoms with Crippen LogP contribution in [0.3, 0.4) is 0 Å². The largest absolute Gasteiger partial charge is 0.310 e. The summed E-state index contributed by atoms with van der Waals surface area (Å²) < 4.78 is 0. The zero-order valence-corrected chi connectivity index (χ0v) is 25.0. The zero-order chi connectivity index (χ0) is 30.2. The van der Waals surface area contributed by atoms with E-state index in [1.165, 1.54) is 27.8 Å². The molecular weight excluding hydrogens is 546 g/mol. The molecule has 7 aromatic rings. The zero-order valence-electron chi connectivity index (χ0n) is 25.0. The highest BCUT2D eigenvalue weighted by atomic mass is 15.1. The quantitative estimate of drug-likeness (QED) is 0.197. The lowest BCUT2D eigenvalue weighted by Gasteiger charge is -2.30. The van der Waals surface area contributed by atoms with Crippen LogP contribution >= 0.6 is 0 Å². The molecule has 0 saturated carbocycles. The summed E-state index contributed by atoms with van der Waals surface area (Å²) in [6.45, 7) is 2.37. The predicted octanol–water partition coefficient (Wildman–Crippen LogP) is 10.6. The second-order valence-electron chi connectivity index (χ2n) is 11.6. The molecule has 0 radical (unpaired) electrons. The highest BCUT2D eigenvalue weighted by molar-refractivity contribution is 5.96. The lowest BCUT2D eigenvalue weighted by Crippen LogP contribution is -2.22. The van der Waals surface area contributed by atoms with E-state index in [4.69, 9.17) is 0 Å². The lowest BCUT2D eigenvalue weighted by molar-refractivity contribution is 0.714. The van der Waals surface area contributed by atoms with Gasteiger partial charge in [-0.15, -0.1) is 0 Å². The van der Waals surface area contributed by atoms with Crippen LogP contribution in [0.4, 0.5) is 17.1 Å². The first-order chi connectivity index (χ1) is 22.2. The maximum absolute atomic E-state index is 4.33. The Morgan fingerprint density at radius 3 is 1.60 bits per heavy atom. The molecule has 0 fully saturated rings. The third-order valence-electron chi connectivity index (χ3n) is 9.15. The summed E-state index contributed by atoms with van der Waals surface area (Å²) in [7, 11) is 0. The van der Waals surface area contributed by atoms with E-state index in [0.717, 1.165) is 39.3 Å². The second kappa shape index (κ2) is 11.0. The summed E-state index contributed by atoms with van der Waals surface area (Å²) in [6.07, 6.45) is 7.45. The lowest BCUT2D eigenvalue weighted by atomic mass is 9.74. The molecule has 0 saturated heterocycles. The van der Waals surface area contributed by atoms with Gasteiger partial charge < -0.3 is 4.90 Å². The van der Waals surface area contributed by atoms with E-state index >= 15 is 0 Å². The highest BCUT2D eigenvalue weighted by Gasteiger charge is 2.42. The molecule has 3 nitrogen and oxygen atoms in total. The average molecular weight is 578 g/mol. The van der Waals surface area contributed by atoms with Gasteiger partial charge in [-0.2, -0.15) is 0 Å². The molecule has 1 aliphatic rings. The number of hydrogen-bond acceptors (Lipinski definition) is 3. The minimum Gasteiger partial charge on any atom is -0.310 e. The van der Waals surface area contributed by atoms with Gasteiger partial charge in [0.25, 0.3) is 0 Å². The van der Waals surface area contributed by atoms with Gasteiger partial charge in [-0.25, -0.2) is 0 Å². The molecule has 0 spiro atoms. The van der Waals surface area contributed by atoms with Gasteiger partial charge in [0.05, 0.1) is 5.69 Å².